The fourth-order valence-corrected chi connectivity index (χ4v) is 3.09. The van der Waals surface area contributed by atoms with E-state index in [2.05, 4.69) is 23.1 Å². The lowest BCUT2D eigenvalue weighted by molar-refractivity contribution is 0.0989. The molecule has 2 aromatic carbocycles. The minimum atomic E-state index is 0.217. The number of rotatable bonds is 4. The topological polar surface area (TPSA) is 20.3 Å². The maximum atomic E-state index is 12.4. The van der Waals surface area contributed by atoms with Gasteiger partial charge in [-0.05, 0) is 24.5 Å². The standard InChI is InChI=1S/C19H21NO/c1-2-18(21)16-11-8-12-17(20-13-6-7-14-20)19(16)15-9-4-3-5-10-15/h3-5,8-12H,2,6-7,13-14H2,1H3. The number of benzene rings is 2. The highest BCUT2D eigenvalue weighted by Crippen LogP contribution is 2.36. The predicted octanol–water partition coefficient (Wildman–Crippen LogP) is 4.55. The van der Waals surface area contributed by atoms with Crippen molar-refractivity contribution >= 4 is 11.5 Å². The largest absolute Gasteiger partial charge is 0.371 e. The minimum Gasteiger partial charge on any atom is -0.371 e. The molecule has 0 N–H and O–H groups in total. The first kappa shape index (κ1) is 13.9. The summed E-state index contributed by atoms with van der Waals surface area (Å²) in [6.07, 6.45) is 3.02. The molecule has 0 unspecified atom stereocenters. The molecule has 0 aromatic heterocycles. The van der Waals surface area contributed by atoms with Gasteiger partial charge in [0, 0.05) is 36.3 Å². The van der Waals surface area contributed by atoms with Crippen LogP contribution < -0.4 is 4.90 Å². The molecule has 0 amide bonds. The van der Waals surface area contributed by atoms with Crippen molar-refractivity contribution < 1.29 is 4.79 Å². The minimum absolute atomic E-state index is 0.217. The second-order valence-corrected chi connectivity index (χ2v) is 5.54. The summed E-state index contributed by atoms with van der Waals surface area (Å²) in [4.78, 5) is 14.8. The van der Waals surface area contributed by atoms with Gasteiger partial charge < -0.3 is 4.90 Å². The number of Topliss-reactive ketones (excluding diaryl/α,β-unsaturated/α-hetero) is 1. The van der Waals surface area contributed by atoms with Gasteiger partial charge in [-0.3, -0.25) is 4.79 Å². The molecule has 0 radical (unpaired) electrons. The summed E-state index contributed by atoms with van der Waals surface area (Å²) >= 11 is 0. The Morgan fingerprint density at radius 1 is 1.00 bits per heavy atom. The predicted molar refractivity (Wildman–Crippen MR) is 87.9 cm³/mol. The van der Waals surface area contributed by atoms with Gasteiger partial charge in [-0.2, -0.15) is 0 Å². The second kappa shape index (κ2) is 6.13. The first-order chi connectivity index (χ1) is 10.3. The van der Waals surface area contributed by atoms with Crippen molar-refractivity contribution in [2.24, 2.45) is 0 Å². The lowest BCUT2D eigenvalue weighted by atomic mass is 9.94. The fourth-order valence-electron chi connectivity index (χ4n) is 3.09. The summed E-state index contributed by atoms with van der Waals surface area (Å²) < 4.78 is 0. The lowest BCUT2D eigenvalue weighted by Crippen LogP contribution is -2.19. The molecule has 108 valence electrons. The first-order valence-electron chi connectivity index (χ1n) is 7.78. The number of nitrogens with zero attached hydrogens (tertiary/aromatic N) is 1. The zero-order chi connectivity index (χ0) is 14.7. The van der Waals surface area contributed by atoms with Gasteiger partial charge in [-0.15, -0.1) is 0 Å². The molecular weight excluding hydrogens is 258 g/mol. The van der Waals surface area contributed by atoms with Crippen LogP contribution in [0, 0.1) is 0 Å². The van der Waals surface area contributed by atoms with E-state index in [1.54, 1.807) is 0 Å². The molecule has 0 saturated carbocycles. The van der Waals surface area contributed by atoms with Gasteiger partial charge in [0.05, 0.1) is 0 Å². The summed E-state index contributed by atoms with van der Waals surface area (Å²) in [7, 11) is 0. The Morgan fingerprint density at radius 3 is 2.38 bits per heavy atom. The zero-order valence-electron chi connectivity index (χ0n) is 12.5. The van der Waals surface area contributed by atoms with Crippen LogP contribution in [-0.2, 0) is 0 Å². The Morgan fingerprint density at radius 2 is 1.71 bits per heavy atom. The number of hydrogen-bond donors (Lipinski definition) is 0. The number of carbonyl (C=O) groups excluding carboxylic acids is 1. The highest BCUT2D eigenvalue weighted by atomic mass is 16.1. The smallest absolute Gasteiger partial charge is 0.163 e. The van der Waals surface area contributed by atoms with E-state index in [0.717, 1.165) is 29.8 Å². The summed E-state index contributed by atoms with van der Waals surface area (Å²) in [5.41, 5.74) is 4.30. The molecule has 2 heteroatoms. The van der Waals surface area contributed by atoms with Crippen LogP contribution in [0.4, 0.5) is 5.69 Å². The van der Waals surface area contributed by atoms with Gasteiger partial charge in [0.2, 0.25) is 0 Å². The lowest BCUT2D eigenvalue weighted by Gasteiger charge is -2.23. The van der Waals surface area contributed by atoms with Crippen LogP contribution in [-0.4, -0.2) is 18.9 Å². The summed E-state index contributed by atoms with van der Waals surface area (Å²) in [5, 5.41) is 0. The van der Waals surface area contributed by atoms with Crippen molar-refractivity contribution in [1.29, 1.82) is 0 Å². The second-order valence-electron chi connectivity index (χ2n) is 5.54. The van der Waals surface area contributed by atoms with Crippen molar-refractivity contribution in [3.05, 3.63) is 54.1 Å². The van der Waals surface area contributed by atoms with E-state index in [0.29, 0.717) is 6.42 Å². The number of hydrogen-bond acceptors (Lipinski definition) is 2. The Kier molecular flexibility index (Phi) is 4.05. The molecule has 2 aromatic rings. The van der Waals surface area contributed by atoms with Gasteiger partial charge >= 0.3 is 0 Å². The highest BCUT2D eigenvalue weighted by Gasteiger charge is 2.20. The molecule has 0 bridgehead atoms. The molecule has 0 aliphatic carbocycles. The monoisotopic (exact) mass is 279 g/mol. The van der Waals surface area contributed by atoms with Crippen molar-refractivity contribution in [1.82, 2.24) is 0 Å². The van der Waals surface area contributed by atoms with E-state index >= 15 is 0 Å². The van der Waals surface area contributed by atoms with E-state index in [4.69, 9.17) is 0 Å². The Hall–Kier alpha value is -2.09. The fraction of sp³-hybridized carbons (Fsp3) is 0.316. The SMILES string of the molecule is CCC(=O)c1cccc(N2CCCC2)c1-c1ccccc1. The Balaban J connectivity index is 2.18. The van der Waals surface area contributed by atoms with Crippen LogP contribution >= 0.6 is 0 Å². The average molecular weight is 279 g/mol. The molecule has 2 nitrogen and oxygen atoms in total. The van der Waals surface area contributed by atoms with E-state index in [1.807, 2.05) is 37.3 Å². The van der Waals surface area contributed by atoms with Crippen molar-refractivity contribution in [3.63, 3.8) is 0 Å². The van der Waals surface area contributed by atoms with Crippen LogP contribution in [0.25, 0.3) is 11.1 Å². The normalized spacial score (nSPS) is 14.4. The van der Waals surface area contributed by atoms with Crippen LogP contribution in [0.1, 0.15) is 36.5 Å². The quantitative estimate of drug-likeness (QED) is 0.765. The van der Waals surface area contributed by atoms with E-state index in [9.17, 15) is 4.79 Å². The molecule has 21 heavy (non-hydrogen) atoms. The molecule has 0 spiro atoms. The molecule has 3 rings (SSSR count). The Labute approximate surface area is 126 Å². The number of anilines is 1. The Bertz CT molecular complexity index is 627. The van der Waals surface area contributed by atoms with Crippen LogP contribution in [0.5, 0.6) is 0 Å². The van der Waals surface area contributed by atoms with Crippen LogP contribution in [0.2, 0.25) is 0 Å². The molecule has 1 fully saturated rings. The maximum Gasteiger partial charge on any atom is 0.163 e. The number of carbonyl (C=O) groups is 1. The van der Waals surface area contributed by atoms with E-state index in [-0.39, 0.29) is 5.78 Å². The average Bonchev–Trinajstić information content (AvgIpc) is 3.08. The maximum absolute atomic E-state index is 12.4. The van der Waals surface area contributed by atoms with Crippen molar-refractivity contribution in [2.45, 2.75) is 26.2 Å². The molecule has 1 aliphatic heterocycles. The molecular formula is C19H21NO. The molecule has 0 atom stereocenters. The number of ketones is 1. The van der Waals surface area contributed by atoms with Crippen molar-refractivity contribution in [3.8, 4) is 11.1 Å². The van der Waals surface area contributed by atoms with Gasteiger partial charge in [0.25, 0.3) is 0 Å². The third-order valence-electron chi connectivity index (χ3n) is 4.17. The zero-order valence-corrected chi connectivity index (χ0v) is 12.5. The van der Waals surface area contributed by atoms with E-state index in [1.165, 1.54) is 18.5 Å². The summed E-state index contributed by atoms with van der Waals surface area (Å²) in [6.45, 7) is 4.10. The van der Waals surface area contributed by atoms with Crippen LogP contribution in [0.3, 0.4) is 0 Å². The third kappa shape index (κ3) is 2.71. The first-order valence-corrected chi connectivity index (χ1v) is 7.78. The van der Waals surface area contributed by atoms with Crippen LogP contribution in [0.15, 0.2) is 48.5 Å². The third-order valence-corrected chi connectivity index (χ3v) is 4.17. The van der Waals surface area contributed by atoms with Gasteiger partial charge in [-0.25, -0.2) is 0 Å². The van der Waals surface area contributed by atoms with E-state index < -0.39 is 0 Å². The summed E-state index contributed by atoms with van der Waals surface area (Å²) in [5.74, 6) is 0.217. The molecule has 1 saturated heterocycles. The molecule has 1 heterocycles. The van der Waals surface area contributed by atoms with Gasteiger partial charge in [0.15, 0.2) is 5.78 Å². The van der Waals surface area contributed by atoms with Gasteiger partial charge in [0.1, 0.15) is 0 Å². The van der Waals surface area contributed by atoms with Crippen molar-refractivity contribution in [2.75, 3.05) is 18.0 Å². The molecule has 1 aliphatic rings. The summed E-state index contributed by atoms with van der Waals surface area (Å²) in [6, 6.07) is 16.4. The van der Waals surface area contributed by atoms with Gasteiger partial charge in [-0.1, -0.05) is 49.4 Å². The highest BCUT2D eigenvalue weighted by molar-refractivity contribution is 6.05.